The van der Waals surface area contributed by atoms with Crippen LogP contribution in [0.1, 0.15) is 25.8 Å². The molecule has 23 heavy (non-hydrogen) atoms. The smallest absolute Gasteiger partial charge is 0.235 e. The quantitative estimate of drug-likeness (QED) is 0.802. The fourth-order valence-electron chi connectivity index (χ4n) is 2.25. The van der Waals surface area contributed by atoms with Gasteiger partial charge in [0.25, 0.3) is 0 Å². The van der Waals surface area contributed by atoms with Gasteiger partial charge in [-0.1, -0.05) is 13.0 Å². The van der Waals surface area contributed by atoms with Crippen molar-refractivity contribution in [2.24, 2.45) is 0 Å². The number of sulfonamides is 1. The first kappa shape index (κ1) is 17.6. The van der Waals surface area contributed by atoms with E-state index in [0.29, 0.717) is 24.5 Å². The minimum absolute atomic E-state index is 0.182. The number of amides is 1. The number of rotatable bonds is 7. The van der Waals surface area contributed by atoms with Crippen molar-refractivity contribution in [2.45, 2.75) is 32.9 Å². The second kappa shape index (κ2) is 7.18. The first-order valence-corrected chi connectivity index (χ1v) is 9.28. The molecule has 0 aliphatic carbocycles. The van der Waals surface area contributed by atoms with Crippen LogP contribution in [0.25, 0.3) is 0 Å². The Bertz CT molecular complexity index is 674. The van der Waals surface area contributed by atoms with Crippen LogP contribution in [0, 0.1) is 0 Å². The van der Waals surface area contributed by atoms with Gasteiger partial charge in [-0.05, 0) is 31.0 Å². The molecular weight excluding hydrogens is 320 g/mol. The molecule has 0 aromatic heterocycles. The summed E-state index contributed by atoms with van der Waals surface area (Å²) in [5, 5.41) is 2.73. The van der Waals surface area contributed by atoms with E-state index in [0.717, 1.165) is 11.8 Å². The monoisotopic (exact) mass is 342 g/mol. The summed E-state index contributed by atoms with van der Waals surface area (Å²) in [6.07, 6.45) is 1.76. The van der Waals surface area contributed by atoms with Gasteiger partial charge in [0.15, 0.2) is 11.5 Å². The van der Waals surface area contributed by atoms with E-state index >= 15 is 0 Å². The zero-order valence-corrected chi connectivity index (χ0v) is 14.4. The van der Waals surface area contributed by atoms with E-state index in [2.05, 4.69) is 5.32 Å². The molecule has 1 aliphatic rings. The zero-order chi connectivity index (χ0) is 17.0. The summed E-state index contributed by atoms with van der Waals surface area (Å²) in [5.74, 6) is 0.989. The molecule has 0 fully saturated rings. The summed E-state index contributed by atoms with van der Waals surface area (Å²) in [6, 6.07) is 5.19. The topological polar surface area (TPSA) is 84.9 Å². The number of ether oxygens (including phenoxy) is 2. The lowest BCUT2D eigenvalue weighted by Gasteiger charge is -2.25. The highest BCUT2D eigenvalue weighted by Crippen LogP contribution is 2.32. The van der Waals surface area contributed by atoms with E-state index < -0.39 is 10.0 Å². The van der Waals surface area contributed by atoms with E-state index in [1.54, 1.807) is 19.1 Å². The van der Waals surface area contributed by atoms with Crippen molar-refractivity contribution in [3.8, 4) is 11.5 Å². The maximum atomic E-state index is 12.1. The van der Waals surface area contributed by atoms with Crippen LogP contribution in [0.4, 0.5) is 0 Å². The fraction of sp³-hybridized carbons (Fsp3) is 0.533. The highest BCUT2D eigenvalue weighted by molar-refractivity contribution is 7.88. The molecule has 0 saturated heterocycles. The Morgan fingerprint density at radius 1 is 1.35 bits per heavy atom. The summed E-state index contributed by atoms with van der Waals surface area (Å²) in [5.41, 5.74) is 0.858. The summed E-state index contributed by atoms with van der Waals surface area (Å²) in [7, 11) is -3.43. The number of fused-ring (bicyclic) bond motifs is 1. The van der Waals surface area contributed by atoms with Crippen LogP contribution < -0.4 is 14.8 Å². The van der Waals surface area contributed by atoms with Gasteiger partial charge in [0.05, 0.1) is 12.8 Å². The molecule has 1 unspecified atom stereocenters. The highest BCUT2D eigenvalue weighted by atomic mass is 32.2. The van der Waals surface area contributed by atoms with Crippen LogP contribution >= 0.6 is 0 Å². The largest absolute Gasteiger partial charge is 0.454 e. The molecule has 1 aromatic rings. The van der Waals surface area contributed by atoms with Crippen LogP contribution in [0.15, 0.2) is 18.2 Å². The van der Waals surface area contributed by atoms with Crippen molar-refractivity contribution < 1.29 is 22.7 Å². The molecule has 0 radical (unpaired) electrons. The number of nitrogens with zero attached hydrogens (tertiary/aromatic N) is 1. The van der Waals surface area contributed by atoms with Crippen LogP contribution in [0.2, 0.25) is 0 Å². The second-order valence-electron chi connectivity index (χ2n) is 5.53. The van der Waals surface area contributed by atoms with Crippen LogP contribution in [0.5, 0.6) is 11.5 Å². The van der Waals surface area contributed by atoms with E-state index in [-0.39, 0.29) is 25.3 Å². The Kier molecular flexibility index (Phi) is 5.48. The molecular formula is C15H22N2O5S. The predicted molar refractivity (Wildman–Crippen MR) is 85.7 cm³/mol. The Balaban J connectivity index is 1.94. The molecule has 0 bridgehead atoms. The second-order valence-corrected chi connectivity index (χ2v) is 7.46. The number of hydrogen-bond donors (Lipinski definition) is 1. The minimum atomic E-state index is -3.43. The summed E-state index contributed by atoms with van der Waals surface area (Å²) in [6.45, 7) is 3.98. The van der Waals surface area contributed by atoms with E-state index in [1.807, 2.05) is 13.0 Å². The maximum Gasteiger partial charge on any atom is 0.235 e. The molecule has 1 aromatic carbocycles. The average molecular weight is 342 g/mol. The number of nitrogens with one attached hydrogen (secondary N) is 1. The Hall–Kier alpha value is -1.80. The maximum absolute atomic E-state index is 12.1. The number of benzene rings is 1. The van der Waals surface area contributed by atoms with Crippen LogP contribution in [-0.4, -0.2) is 44.3 Å². The van der Waals surface area contributed by atoms with Crippen molar-refractivity contribution in [1.82, 2.24) is 9.62 Å². The summed E-state index contributed by atoms with van der Waals surface area (Å²) in [4.78, 5) is 12.1. The van der Waals surface area contributed by atoms with Gasteiger partial charge in [0.1, 0.15) is 0 Å². The van der Waals surface area contributed by atoms with Gasteiger partial charge in [-0.25, -0.2) is 8.42 Å². The van der Waals surface area contributed by atoms with E-state index in [1.165, 1.54) is 4.31 Å². The first-order valence-electron chi connectivity index (χ1n) is 7.43. The third-order valence-electron chi connectivity index (χ3n) is 3.73. The summed E-state index contributed by atoms with van der Waals surface area (Å²) < 4.78 is 35.3. The van der Waals surface area contributed by atoms with Gasteiger partial charge in [-0.15, -0.1) is 0 Å². The molecule has 1 atom stereocenters. The fourth-order valence-corrected chi connectivity index (χ4v) is 3.41. The average Bonchev–Trinajstić information content (AvgIpc) is 2.96. The Morgan fingerprint density at radius 3 is 2.70 bits per heavy atom. The lowest BCUT2D eigenvalue weighted by molar-refractivity contribution is -0.121. The number of carbonyl (C=O) groups excluding carboxylic acids is 1. The molecule has 1 aliphatic heterocycles. The molecule has 8 heteroatoms. The predicted octanol–water partition coefficient (Wildman–Crippen LogP) is 1.09. The highest BCUT2D eigenvalue weighted by Gasteiger charge is 2.24. The SMILES string of the molecule is CCC(C)N(CC(=O)NCc1ccc2c(c1)OCO2)S(C)(=O)=O. The molecule has 0 saturated carbocycles. The standard InChI is InChI=1S/C15H22N2O5S/c1-4-11(2)17(23(3,19)20)9-15(18)16-8-12-5-6-13-14(7-12)22-10-21-13/h5-7,11H,4,8-10H2,1-3H3,(H,16,18). The molecule has 1 heterocycles. The van der Waals surface area contributed by atoms with Crippen LogP contribution in [0.3, 0.4) is 0 Å². The number of carbonyl (C=O) groups is 1. The first-order chi connectivity index (χ1) is 10.8. The van der Waals surface area contributed by atoms with Crippen LogP contribution in [-0.2, 0) is 21.4 Å². The van der Waals surface area contributed by atoms with Crippen molar-refractivity contribution >= 4 is 15.9 Å². The van der Waals surface area contributed by atoms with Gasteiger partial charge in [0.2, 0.25) is 22.7 Å². The normalized spacial score (nSPS) is 14.8. The van der Waals surface area contributed by atoms with Gasteiger partial charge in [-0.3, -0.25) is 4.79 Å². The summed E-state index contributed by atoms with van der Waals surface area (Å²) >= 11 is 0. The number of hydrogen-bond acceptors (Lipinski definition) is 5. The van der Waals surface area contributed by atoms with Crippen molar-refractivity contribution in [3.63, 3.8) is 0 Å². The van der Waals surface area contributed by atoms with Gasteiger partial charge >= 0.3 is 0 Å². The van der Waals surface area contributed by atoms with Gasteiger partial charge in [-0.2, -0.15) is 4.31 Å². The molecule has 128 valence electrons. The molecule has 7 nitrogen and oxygen atoms in total. The van der Waals surface area contributed by atoms with Crippen molar-refractivity contribution in [2.75, 3.05) is 19.6 Å². The molecule has 1 N–H and O–H groups in total. The third-order valence-corrected chi connectivity index (χ3v) is 5.08. The third kappa shape index (κ3) is 4.59. The van der Waals surface area contributed by atoms with Gasteiger partial charge in [0, 0.05) is 12.6 Å². The Morgan fingerprint density at radius 2 is 2.04 bits per heavy atom. The van der Waals surface area contributed by atoms with Crippen molar-refractivity contribution in [3.05, 3.63) is 23.8 Å². The zero-order valence-electron chi connectivity index (χ0n) is 13.5. The molecule has 1 amide bonds. The lowest BCUT2D eigenvalue weighted by Crippen LogP contribution is -2.44. The Labute approximate surface area is 136 Å². The molecule has 2 rings (SSSR count). The lowest BCUT2D eigenvalue weighted by atomic mass is 10.2. The van der Waals surface area contributed by atoms with Gasteiger partial charge < -0.3 is 14.8 Å². The molecule has 0 spiro atoms. The minimum Gasteiger partial charge on any atom is -0.454 e. The van der Waals surface area contributed by atoms with E-state index in [9.17, 15) is 13.2 Å². The van der Waals surface area contributed by atoms with Crippen molar-refractivity contribution in [1.29, 1.82) is 0 Å². The van der Waals surface area contributed by atoms with E-state index in [4.69, 9.17) is 9.47 Å².